The Morgan fingerprint density at radius 2 is 2.05 bits per heavy atom. The van der Waals surface area contributed by atoms with Gasteiger partial charge < -0.3 is 10.1 Å². The van der Waals surface area contributed by atoms with Crippen LogP contribution >= 0.6 is 28.1 Å². The van der Waals surface area contributed by atoms with Gasteiger partial charge in [-0.2, -0.15) is 0 Å². The third-order valence-electron chi connectivity index (χ3n) is 2.93. The Bertz CT molecular complexity index is 585. The zero-order valence-corrected chi connectivity index (χ0v) is 13.6. The molecule has 1 saturated heterocycles. The van der Waals surface area contributed by atoms with Gasteiger partial charge >= 0.3 is 0 Å². The average Bonchev–Trinajstić information content (AvgIpc) is 2.56. The highest BCUT2D eigenvalue weighted by molar-refractivity contribution is 9.10. The second-order valence-electron chi connectivity index (χ2n) is 4.87. The lowest BCUT2D eigenvalue weighted by Gasteiger charge is -2.25. The van der Waals surface area contributed by atoms with Crippen molar-refractivity contribution in [2.75, 3.05) is 11.5 Å². The van der Waals surface area contributed by atoms with Gasteiger partial charge in [-0.15, -0.1) is 0 Å². The zero-order chi connectivity index (χ0) is 14.1. The van der Waals surface area contributed by atoms with E-state index in [-0.39, 0.29) is 16.7 Å². The molecule has 7 heteroatoms. The largest absolute Gasteiger partial charge is 0.432 e. The molecule has 1 fully saturated rings. The summed E-state index contributed by atoms with van der Waals surface area (Å²) in [6.07, 6.45) is 0.541. The van der Waals surface area contributed by atoms with E-state index in [1.54, 1.807) is 12.1 Å². The molecule has 1 aliphatic heterocycles. The summed E-state index contributed by atoms with van der Waals surface area (Å²) in [6.45, 7) is 1.84. The highest BCUT2D eigenvalue weighted by Crippen LogP contribution is 2.23. The first-order valence-corrected chi connectivity index (χ1v) is 8.76. The lowest BCUT2D eigenvalue weighted by molar-refractivity contribution is 0.425. The molecule has 0 aliphatic carbocycles. The summed E-state index contributed by atoms with van der Waals surface area (Å²) in [7, 11) is -2.96. The summed E-state index contributed by atoms with van der Waals surface area (Å²) in [4.78, 5) is 0. The number of thiocarbonyl (C=S) groups is 1. The topological polar surface area (TPSA) is 55.4 Å². The lowest BCUT2D eigenvalue weighted by Crippen LogP contribution is -2.47. The van der Waals surface area contributed by atoms with Gasteiger partial charge in [0.15, 0.2) is 9.84 Å². The van der Waals surface area contributed by atoms with Gasteiger partial charge in [-0.05, 0) is 49.8 Å². The van der Waals surface area contributed by atoms with Crippen LogP contribution in [0.2, 0.25) is 0 Å². The monoisotopic (exact) mass is 363 g/mol. The van der Waals surface area contributed by atoms with Crippen molar-refractivity contribution in [3.63, 3.8) is 0 Å². The molecule has 1 atom stereocenters. The van der Waals surface area contributed by atoms with Gasteiger partial charge in [0.05, 0.1) is 17.0 Å². The summed E-state index contributed by atoms with van der Waals surface area (Å²) in [5.74, 6) is 0.895. The maximum absolute atomic E-state index is 11.5. The predicted octanol–water partition coefficient (Wildman–Crippen LogP) is 2.28. The number of nitrogens with one attached hydrogen (secondary N) is 1. The van der Waals surface area contributed by atoms with E-state index < -0.39 is 15.4 Å². The zero-order valence-electron chi connectivity index (χ0n) is 10.3. The van der Waals surface area contributed by atoms with Crippen LogP contribution < -0.4 is 10.1 Å². The molecule has 0 spiro atoms. The maximum Gasteiger partial charge on any atom is 0.262 e. The fourth-order valence-electron chi connectivity index (χ4n) is 1.99. The molecular weight excluding hydrogens is 350 g/mol. The first kappa shape index (κ1) is 14.7. The van der Waals surface area contributed by atoms with Gasteiger partial charge in [0.25, 0.3) is 5.17 Å². The van der Waals surface area contributed by atoms with Crippen LogP contribution in [0.1, 0.15) is 13.3 Å². The molecule has 19 heavy (non-hydrogen) atoms. The number of sulfone groups is 1. The maximum atomic E-state index is 11.5. The number of hydrogen-bond acceptors (Lipinski definition) is 4. The van der Waals surface area contributed by atoms with Crippen molar-refractivity contribution >= 4 is 43.2 Å². The molecule has 1 unspecified atom stereocenters. The van der Waals surface area contributed by atoms with E-state index >= 15 is 0 Å². The van der Waals surface area contributed by atoms with E-state index in [9.17, 15) is 8.42 Å². The van der Waals surface area contributed by atoms with E-state index in [0.717, 1.165) is 4.47 Å². The molecule has 1 aromatic rings. The second-order valence-corrected chi connectivity index (χ2v) is 8.34. The molecular formula is C12H14BrNO3S2. The highest BCUT2D eigenvalue weighted by Gasteiger charge is 2.39. The lowest BCUT2D eigenvalue weighted by atomic mass is 10.0. The number of ether oxygens (including phenoxy) is 1. The van der Waals surface area contributed by atoms with Gasteiger partial charge in [0.1, 0.15) is 5.75 Å². The second kappa shape index (κ2) is 5.38. The van der Waals surface area contributed by atoms with Crippen molar-refractivity contribution in [2.45, 2.75) is 18.9 Å². The van der Waals surface area contributed by atoms with E-state index in [0.29, 0.717) is 12.2 Å². The SMILES string of the molecule is CC1(NC(=S)Oc2ccc(Br)cc2)CCS(=O)(=O)C1. The molecule has 2 rings (SSSR count). The molecule has 0 radical (unpaired) electrons. The quantitative estimate of drug-likeness (QED) is 0.816. The number of hydrogen-bond donors (Lipinski definition) is 1. The predicted molar refractivity (Wildman–Crippen MR) is 82.2 cm³/mol. The third-order valence-corrected chi connectivity index (χ3v) is 5.55. The van der Waals surface area contributed by atoms with Crippen LogP contribution in [0.25, 0.3) is 0 Å². The Morgan fingerprint density at radius 3 is 2.58 bits per heavy atom. The minimum Gasteiger partial charge on any atom is -0.432 e. The minimum absolute atomic E-state index is 0.0871. The number of rotatable bonds is 2. The van der Waals surface area contributed by atoms with E-state index in [4.69, 9.17) is 17.0 Å². The van der Waals surface area contributed by atoms with Crippen molar-refractivity contribution in [3.05, 3.63) is 28.7 Å². The van der Waals surface area contributed by atoms with Gasteiger partial charge in [-0.25, -0.2) is 8.42 Å². The standard InChI is InChI=1S/C12H14BrNO3S2/c1-12(6-7-19(15,16)8-12)14-11(18)17-10-4-2-9(13)3-5-10/h2-5H,6-8H2,1H3,(H,14,18). The number of halogens is 1. The molecule has 104 valence electrons. The molecule has 1 aliphatic rings. The van der Waals surface area contributed by atoms with Crippen LogP contribution in [0.4, 0.5) is 0 Å². The normalized spacial score (nSPS) is 24.9. The molecule has 1 aromatic carbocycles. The van der Waals surface area contributed by atoms with Crippen LogP contribution in [-0.4, -0.2) is 30.6 Å². The summed E-state index contributed by atoms with van der Waals surface area (Å²) in [5.41, 5.74) is -0.536. The minimum atomic E-state index is -2.96. The molecule has 4 nitrogen and oxygen atoms in total. The van der Waals surface area contributed by atoms with Crippen LogP contribution in [-0.2, 0) is 9.84 Å². The van der Waals surface area contributed by atoms with Crippen molar-refractivity contribution in [1.29, 1.82) is 0 Å². The molecule has 0 amide bonds. The van der Waals surface area contributed by atoms with Crippen LogP contribution in [0.3, 0.4) is 0 Å². The van der Waals surface area contributed by atoms with Crippen LogP contribution in [0.5, 0.6) is 5.75 Å². The first-order valence-electron chi connectivity index (χ1n) is 5.74. The first-order chi connectivity index (χ1) is 8.78. The summed E-state index contributed by atoms with van der Waals surface area (Å²) < 4.78 is 29.4. The number of benzene rings is 1. The van der Waals surface area contributed by atoms with Crippen LogP contribution in [0.15, 0.2) is 28.7 Å². The average molecular weight is 364 g/mol. The van der Waals surface area contributed by atoms with Crippen LogP contribution in [0, 0.1) is 0 Å². The van der Waals surface area contributed by atoms with E-state index in [1.807, 2.05) is 19.1 Å². The van der Waals surface area contributed by atoms with Crippen molar-refractivity contribution in [1.82, 2.24) is 5.32 Å². The smallest absolute Gasteiger partial charge is 0.262 e. The fourth-order valence-corrected chi connectivity index (χ4v) is 4.69. The Morgan fingerprint density at radius 1 is 1.42 bits per heavy atom. The molecule has 0 saturated carbocycles. The fraction of sp³-hybridized carbons (Fsp3) is 0.417. The Labute approximate surface area is 126 Å². The summed E-state index contributed by atoms with van der Waals surface area (Å²) in [6, 6.07) is 7.26. The Hall–Kier alpha value is -0.660. The molecule has 0 bridgehead atoms. The van der Waals surface area contributed by atoms with Crippen molar-refractivity contribution < 1.29 is 13.2 Å². The van der Waals surface area contributed by atoms with Crippen molar-refractivity contribution in [2.24, 2.45) is 0 Å². The van der Waals surface area contributed by atoms with Gasteiger partial charge in [-0.3, -0.25) is 0 Å². The Kier molecular flexibility index (Phi) is 4.17. The molecule has 0 aromatic heterocycles. The summed E-state index contributed by atoms with van der Waals surface area (Å²) >= 11 is 8.45. The van der Waals surface area contributed by atoms with Gasteiger partial charge in [0.2, 0.25) is 0 Å². The highest BCUT2D eigenvalue weighted by atomic mass is 79.9. The van der Waals surface area contributed by atoms with E-state index in [1.165, 1.54) is 0 Å². The Balaban J connectivity index is 1.97. The van der Waals surface area contributed by atoms with Gasteiger partial charge in [-0.1, -0.05) is 15.9 Å². The van der Waals surface area contributed by atoms with E-state index in [2.05, 4.69) is 21.2 Å². The molecule has 1 N–H and O–H groups in total. The van der Waals surface area contributed by atoms with Crippen molar-refractivity contribution in [3.8, 4) is 5.75 Å². The van der Waals surface area contributed by atoms with Gasteiger partial charge in [0, 0.05) is 4.47 Å². The summed E-state index contributed by atoms with van der Waals surface area (Å²) in [5, 5.41) is 3.19. The molecule has 1 heterocycles. The third kappa shape index (κ3) is 4.15.